The van der Waals surface area contributed by atoms with Crippen LogP contribution in [0.15, 0.2) is 0 Å². The Morgan fingerprint density at radius 2 is 1.90 bits per heavy atom. The summed E-state index contributed by atoms with van der Waals surface area (Å²) in [5.41, 5.74) is 0. The van der Waals surface area contributed by atoms with E-state index in [-0.39, 0.29) is 10.8 Å². The molecule has 1 heterocycles. The Morgan fingerprint density at radius 3 is 2.48 bits per heavy atom. The Hall–Kier alpha value is -0.288. The lowest BCUT2D eigenvalue weighted by Gasteiger charge is -2.39. The van der Waals surface area contributed by atoms with Crippen LogP contribution in [0.3, 0.4) is 0 Å². The Balaban J connectivity index is 2.06. The minimum absolute atomic E-state index is 0.230. The van der Waals surface area contributed by atoms with E-state index in [9.17, 15) is 4.79 Å². The van der Waals surface area contributed by atoms with E-state index in [4.69, 9.17) is 4.43 Å². The summed E-state index contributed by atoms with van der Waals surface area (Å²) in [4.78, 5) is 14.1. The third kappa shape index (κ3) is 3.55. The summed E-state index contributed by atoms with van der Waals surface area (Å²) in [7, 11) is -0.0124. The maximum Gasteiger partial charge on any atom is 0.215 e. The Labute approximate surface area is 132 Å². The maximum atomic E-state index is 12.0. The van der Waals surface area contributed by atoms with Gasteiger partial charge in [-0.2, -0.15) is 0 Å². The summed E-state index contributed by atoms with van der Waals surface area (Å²) in [5.74, 6) is 1.62. The van der Waals surface area contributed by atoms with Crippen molar-refractivity contribution in [3.05, 3.63) is 0 Å². The molecule has 2 fully saturated rings. The van der Waals surface area contributed by atoms with Crippen molar-refractivity contribution in [2.45, 2.75) is 70.6 Å². The van der Waals surface area contributed by atoms with E-state index in [1.165, 1.54) is 25.7 Å². The molecule has 0 bridgehead atoms. The lowest BCUT2D eigenvalue weighted by Crippen LogP contribution is -2.47. The fraction of sp³-hybridized carbons (Fsp3) is 0.938. The average Bonchev–Trinajstić information content (AvgIpc) is 2.74. The Bertz CT molecular complexity index is 394. The monoisotopic (exact) mass is 309 g/mol. The lowest BCUT2D eigenvalue weighted by molar-refractivity contribution is 0.146. The molecule has 1 saturated heterocycles. The van der Waals surface area contributed by atoms with Gasteiger partial charge in [0.2, 0.25) is 7.85 Å². The first kappa shape index (κ1) is 17.1. The summed E-state index contributed by atoms with van der Waals surface area (Å²) in [6, 6.07) is 0.321. The smallest absolute Gasteiger partial charge is 0.215 e. The fourth-order valence-corrected chi connectivity index (χ4v) is 4.70. The first-order valence-electron chi connectivity index (χ1n) is 8.54. The van der Waals surface area contributed by atoms with Gasteiger partial charge >= 0.3 is 0 Å². The Morgan fingerprint density at radius 1 is 1.29 bits per heavy atom. The molecule has 1 amide bonds. The highest BCUT2D eigenvalue weighted by Gasteiger charge is 2.45. The van der Waals surface area contributed by atoms with Gasteiger partial charge in [-0.1, -0.05) is 33.6 Å². The standard InChI is InChI=1S/C16H32BNO2Si/c1-16(2,3)21(4,5)20-11-14-13-9-7-6-8-12(13)10-18(14)15(17)19/h12-14H,6-11,17H2,1-5H3/t12?,13?,14-/m1/s1. The number of hydrogen-bond donors (Lipinski definition) is 0. The van der Waals surface area contributed by atoms with Crippen LogP contribution in [0.4, 0.5) is 4.79 Å². The molecule has 2 aliphatic rings. The van der Waals surface area contributed by atoms with E-state index in [1.807, 2.05) is 0 Å². The molecule has 1 aliphatic carbocycles. The number of likely N-dealkylation sites (tertiary alicyclic amines) is 1. The van der Waals surface area contributed by atoms with Gasteiger partial charge < -0.3 is 9.33 Å². The van der Waals surface area contributed by atoms with Crippen molar-refractivity contribution < 1.29 is 9.22 Å². The van der Waals surface area contributed by atoms with Crippen LogP contribution in [-0.2, 0) is 4.43 Å². The molecule has 5 heteroatoms. The minimum atomic E-state index is -1.73. The van der Waals surface area contributed by atoms with Crippen LogP contribution >= 0.6 is 0 Å². The summed E-state index contributed by atoms with van der Waals surface area (Å²) in [5, 5.41) is 0.235. The van der Waals surface area contributed by atoms with Gasteiger partial charge in [-0.3, -0.25) is 4.79 Å². The summed E-state index contributed by atoms with van der Waals surface area (Å²) in [6.07, 6.45) is 5.23. The van der Waals surface area contributed by atoms with Gasteiger partial charge in [-0.25, -0.2) is 0 Å². The number of amides is 1. The predicted molar refractivity (Wildman–Crippen MR) is 93.0 cm³/mol. The summed E-state index contributed by atoms with van der Waals surface area (Å²) < 4.78 is 6.45. The van der Waals surface area contributed by atoms with Crippen LogP contribution in [0.1, 0.15) is 46.5 Å². The molecular weight excluding hydrogens is 277 g/mol. The van der Waals surface area contributed by atoms with Gasteiger partial charge in [-0.05, 0) is 42.8 Å². The topological polar surface area (TPSA) is 29.5 Å². The van der Waals surface area contributed by atoms with Gasteiger partial charge in [0.1, 0.15) is 0 Å². The second kappa shape index (κ2) is 6.07. The molecule has 120 valence electrons. The summed E-state index contributed by atoms with van der Waals surface area (Å²) >= 11 is 0. The largest absolute Gasteiger partial charge is 0.415 e. The van der Waals surface area contributed by atoms with Gasteiger partial charge in [-0.15, -0.1) is 0 Å². The van der Waals surface area contributed by atoms with Gasteiger partial charge in [0, 0.05) is 6.54 Å². The zero-order chi connectivity index (χ0) is 15.8. The van der Waals surface area contributed by atoms with E-state index in [2.05, 4.69) is 38.8 Å². The highest BCUT2D eigenvalue weighted by atomic mass is 28.4. The van der Waals surface area contributed by atoms with Crippen LogP contribution in [0, 0.1) is 11.8 Å². The normalized spacial score (nSPS) is 30.3. The predicted octanol–water partition coefficient (Wildman–Crippen LogP) is 3.25. The average molecular weight is 309 g/mol. The van der Waals surface area contributed by atoms with Crippen LogP contribution < -0.4 is 0 Å². The second-order valence-corrected chi connectivity index (χ2v) is 13.3. The van der Waals surface area contributed by atoms with Crippen LogP contribution in [0.5, 0.6) is 0 Å². The molecule has 21 heavy (non-hydrogen) atoms. The third-order valence-electron chi connectivity index (χ3n) is 6.12. The molecule has 0 aromatic heterocycles. The zero-order valence-corrected chi connectivity index (χ0v) is 15.7. The number of carbonyl (C=O) groups is 1. The quantitative estimate of drug-likeness (QED) is 0.749. The van der Waals surface area contributed by atoms with E-state index >= 15 is 0 Å². The van der Waals surface area contributed by atoms with Gasteiger partial charge in [0.05, 0.1) is 12.6 Å². The van der Waals surface area contributed by atoms with Crippen molar-refractivity contribution in [3.8, 4) is 0 Å². The number of hydrogen-bond acceptors (Lipinski definition) is 2. The molecule has 2 unspecified atom stereocenters. The first-order chi connectivity index (χ1) is 9.63. The number of carbonyl (C=O) groups excluding carboxylic acids is 1. The fourth-order valence-electron chi connectivity index (χ4n) is 3.67. The maximum absolute atomic E-state index is 12.0. The van der Waals surface area contributed by atoms with E-state index in [1.54, 1.807) is 7.85 Å². The molecule has 2 rings (SSSR count). The third-order valence-corrected chi connectivity index (χ3v) is 10.6. The van der Waals surface area contributed by atoms with Gasteiger partial charge in [0.15, 0.2) is 14.1 Å². The molecule has 1 saturated carbocycles. The number of rotatable bonds is 3. The van der Waals surface area contributed by atoms with Gasteiger partial charge in [0.25, 0.3) is 0 Å². The molecule has 1 aliphatic heterocycles. The summed E-state index contributed by atoms with van der Waals surface area (Å²) in [6.45, 7) is 13.2. The SMILES string of the molecule is BC(=O)N1CC2CCCCC2[C@H]1CO[Si](C)(C)C(C)(C)C. The first-order valence-corrected chi connectivity index (χ1v) is 11.5. The van der Waals surface area contributed by atoms with E-state index < -0.39 is 8.32 Å². The highest BCUT2D eigenvalue weighted by molar-refractivity contribution is 6.74. The van der Waals surface area contributed by atoms with Crippen molar-refractivity contribution in [1.82, 2.24) is 4.90 Å². The van der Waals surface area contributed by atoms with Crippen molar-refractivity contribution >= 4 is 22.0 Å². The molecule has 0 aromatic carbocycles. The molecule has 0 aromatic rings. The van der Waals surface area contributed by atoms with Crippen molar-refractivity contribution in [1.29, 1.82) is 0 Å². The van der Waals surface area contributed by atoms with E-state index in [0.29, 0.717) is 12.0 Å². The molecule has 0 radical (unpaired) electrons. The Kier molecular flexibility index (Phi) is 4.94. The molecule has 0 spiro atoms. The second-order valence-electron chi connectivity index (χ2n) is 8.52. The molecule has 0 N–H and O–H groups in total. The van der Waals surface area contributed by atoms with Crippen LogP contribution in [0.2, 0.25) is 18.1 Å². The van der Waals surface area contributed by atoms with Crippen molar-refractivity contribution in [3.63, 3.8) is 0 Å². The van der Waals surface area contributed by atoms with Crippen LogP contribution in [0.25, 0.3) is 0 Å². The molecule has 3 atom stereocenters. The highest BCUT2D eigenvalue weighted by Crippen LogP contribution is 2.42. The number of nitrogens with zero attached hydrogens (tertiary/aromatic N) is 1. The minimum Gasteiger partial charge on any atom is -0.415 e. The number of fused-ring (bicyclic) bond motifs is 1. The zero-order valence-electron chi connectivity index (χ0n) is 14.7. The van der Waals surface area contributed by atoms with E-state index in [0.717, 1.165) is 19.1 Å². The lowest BCUT2D eigenvalue weighted by atomic mass is 9.79. The molecular formula is C16H32BNO2Si. The van der Waals surface area contributed by atoms with Crippen LogP contribution in [-0.4, -0.2) is 46.1 Å². The van der Waals surface area contributed by atoms with Crippen molar-refractivity contribution in [2.24, 2.45) is 11.8 Å². The molecule has 3 nitrogen and oxygen atoms in total. The van der Waals surface area contributed by atoms with Crippen molar-refractivity contribution in [2.75, 3.05) is 13.2 Å².